The summed E-state index contributed by atoms with van der Waals surface area (Å²) in [7, 11) is 0. The van der Waals surface area contributed by atoms with Crippen LogP contribution in [0.5, 0.6) is 0 Å². The van der Waals surface area contributed by atoms with Crippen molar-refractivity contribution in [3.8, 4) is 0 Å². The molecule has 0 radical (unpaired) electrons. The van der Waals surface area contributed by atoms with Gasteiger partial charge in [0, 0.05) is 17.8 Å². The molecule has 1 unspecified atom stereocenters. The molecule has 1 heterocycles. The number of halogens is 1. The summed E-state index contributed by atoms with van der Waals surface area (Å²) in [4.78, 5) is 4.30. The molecule has 3 heteroatoms. The summed E-state index contributed by atoms with van der Waals surface area (Å²) in [5.74, 6) is 0. The van der Waals surface area contributed by atoms with Crippen LogP contribution < -0.4 is 5.32 Å². The summed E-state index contributed by atoms with van der Waals surface area (Å²) in [6, 6.07) is 7.90. The Morgan fingerprint density at radius 2 is 2.43 bits per heavy atom. The lowest BCUT2D eigenvalue weighted by molar-refractivity contribution is 0.528. The van der Waals surface area contributed by atoms with Crippen molar-refractivity contribution in [3.63, 3.8) is 0 Å². The number of hydrogen-bond donors (Lipinski definition) is 1. The molecular formula is C11H13ClN2. The maximum Gasteiger partial charge on any atom is 0.0996 e. The molecule has 0 saturated carbocycles. The van der Waals surface area contributed by atoms with Crippen molar-refractivity contribution in [2.75, 3.05) is 0 Å². The minimum Gasteiger partial charge on any atom is -0.292 e. The molecule has 1 N–H and O–H groups in total. The highest BCUT2D eigenvalue weighted by Gasteiger charge is 2.08. The molecule has 2 nitrogen and oxygen atoms in total. The standard InChI is InChI=1S/C11H13ClN2/c12-10-4-1-3-9(7-10)8-14-11-5-2-6-13-11/h1,3-4,6-7,11,14H,2,5,8H2. The quantitative estimate of drug-likeness (QED) is 0.812. The summed E-state index contributed by atoms with van der Waals surface area (Å²) in [6.45, 7) is 0.836. The molecule has 2 rings (SSSR count). The summed E-state index contributed by atoms with van der Waals surface area (Å²) in [5.41, 5.74) is 1.21. The van der Waals surface area contributed by atoms with Gasteiger partial charge in [-0.3, -0.25) is 10.3 Å². The highest BCUT2D eigenvalue weighted by atomic mass is 35.5. The zero-order valence-corrected chi connectivity index (χ0v) is 8.67. The second-order valence-corrected chi connectivity index (χ2v) is 3.87. The van der Waals surface area contributed by atoms with Gasteiger partial charge in [-0.05, 0) is 30.5 Å². The van der Waals surface area contributed by atoms with Gasteiger partial charge in [0.25, 0.3) is 0 Å². The molecule has 74 valence electrons. The third kappa shape index (κ3) is 2.56. The monoisotopic (exact) mass is 208 g/mol. The van der Waals surface area contributed by atoms with Crippen LogP contribution in [0.4, 0.5) is 0 Å². The second kappa shape index (κ2) is 4.58. The van der Waals surface area contributed by atoms with E-state index in [1.54, 1.807) is 0 Å². The molecule has 14 heavy (non-hydrogen) atoms. The molecule has 1 aromatic carbocycles. The highest BCUT2D eigenvalue weighted by Crippen LogP contribution is 2.11. The molecule has 1 aromatic rings. The van der Waals surface area contributed by atoms with Crippen LogP contribution in [-0.2, 0) is 6.54 Å². The molecule has 0 saturated heterocycles. The van der Waals surface area contributed by atoms with E-state index in [4.69, 9.17) is 11.6 Å². The predicted octanol–water partition coefficient (Wildman–Crippen LogP) is 2.62. The van der Waals surface area contributed by atoms with Crippen LogP contribution >= 0.6 is 11.6 Å². The number of aliphatic imine (C=N–C) groups is 1. The lowest BCUT2D eigenvalue weighted by Crippen LogP contribution is -2.24. The van der Waals surface area contributed by atoms with Gasteiger partial charge in [0.15, 0.2) is 0 Å². The average molecular weight is 209 g/mol. The third-order valence-electron chi connectivity index (χ3n) is 2.29. The van der Waals surface area contributed by atoms with Gasteiger partial charge in [0.2, 0.25) is 0 Å². The predicted molar refractivity (Wildman–Crippen MR) is 59.8 cm³/mol. The van der Waals surface area contributed by atoms with Crippen molar-refractivity contribution in [3.05, 3.63) is 34.9 Å². The molecule has 0 spiro atoms. The lowest BCUT2D eigenvalue weighted by atomic mass is 10.2. The van der Waals surface area contributed by atoms with Crippen LogP contribution in [0.3, 0.4) is 0 Å². The highest BCUT2D eigenvalue weighted by molar-refractivity contribution is 6.30. The summed E-state index contributed by atoms with van der Waals surface area (Å²) >= 11 is 5.88. The maximum atomic E-state index is 5.88. The van der Waals surface area contributed by atoms with Gasteiger partial charge in [-0.2, -0.15) is 0 Å². The van der Waals surface area contributed by atoms with Gasteiger partial charge in [0.05, 0.1) is 6.17 Å². The first-order valence-corrected chi connectivity index (χ1v) is 5.22. The van der Waals surface area contributed by atoms with E-state index in [9.17, 15) is 0 Å². The minimum atomic E-state index is 0.300. The van der Waals surface area contributed by atoms with Crippen LogP contribution in [0.15, 0.2) is 29.3 Å². The van der Waals surface area contributed by atoms with E-state index < -0.39 is 0 Å². The molecule has 1 atom stereocenters. The maximum absolute atomic E-state index is 5.88. The fraction of sp³-hybridized carbons (Fsp3) is 0.364. The number of rotatable bonds is 3. The van der Waals surface area contributed by atoms with Gasteiger partial charge in [-0.15, -0.1) is 0 Å². The topological polar surface area (TPSA) is 24.4 Å². The molecule has 0 amide bonds. The van der Waals surface area contributed by atoms with E-state index in [-0.39, 0.29) is 0 Å². The normalized spacial score (nSPS) is 20.2. The van der Waals surface area contributed by atoms with E-state index in [0.717, 1.165) is 24.4 Å². The Balaban J connectivity index is 1.88. The summed E-state index contributed by atoms with van der Waals surface area (Å²) in [6.07, 6.45) is 4.48. The molecule has 0 aliphatic carbocycles. The first kappa shape index (κ1) is 9.69. The van der Waals surface area contributed by atoms with Crippen molar-refractivity contribution < 1.29 is 0 Å². The number of hydrogen-bond acceptors (Lipinski definition) is 2. The SMILES string of the molecule is Clc1cccc(CNC2CCC=N2)c1. The number of nitrogens with zero attached hydrogens (tertiary/aromatic N) is 1. The van der Waals surface area contributed by atoms with E-state index in [0.29, 0.717) is 6.17 Å². The van der Waals surface area contributed by atoms with Gasteiger partial charge < -0.3 is 0 Å². The van der Waals surface area contributed by atoms with Crippen molar-refractivity contribution in [2.24, 2.45) is 4.99 Å². The molecule has 1 aliphatic rings. The van der Waals surface area contributed by atoms with E-state index in [1.807, 2.05) is 24.4 Å². The lowest BCUT2D eigenvalue weighted by Gasteiger charge is -2.09. The third-order valence-corrected chi connectivity index (χ3v) is 2.52. The van der Waals surface area contributed by atoms with Gasteiger partial charge in [-0.25, -0.2) is 0 Å². The smallest absolute Gasteiger partial charge is 0.0996 e. The first-order chi connectivity index (χ1) is 6.84. The van der Waals surface area contributed by atoms with Crippen LogP contribution in [-0.4, -0.2) is 12.4 Å². The van der Waals surface area contributed by atoms with E-state index in [2.05, 4.69) is 16.4 Å². The van der Waals surface area contributed by atoms with Crippen LogP contribution in [0.25, 0.3) is 0 Å². The van der Waals surface area contributed by atoms with Crippen molar-refractivity contribution in [1.82, 2.24) is 5.32 Å². The fourth-order valence-corrected chi connectivity index (χ4v) is 1.76. The Hall–Kier alpha value is -0.860. The van der Waals surface area contributed by atoms with Crippen LogP contribution in [0.1, 0.15) is 18.4 Å². The van der Waals surface area contributed by atoms with Crippen LogP contribution in [0.2, 0.25) is 5.02 Å². The Morgan fingerprint density at radius 1 is 1.50 bits per heavy atom. The van der Waals surface area contributed by atoms with E-state index in [1.165, 1.54) is 5.56 Å². The first-order valence-electron chi connectivity index (χ1n) is 4.84. The molecule has 1 aliphatic heterocycles. The van der Waals surface area contributed by atoms with Gasteiger partial charge in [0.1, 0.15) is 0 Å². The minimum absolute atomic E-state index is 0.300. The van der Waals surface area contributed by atoms with E-state index >= 15 is 0 Å². The van der Waals surface area contributed by atoms with Crippen LogP contribution in [0, 0.1) is 0 Å². The average Bonchev–Trinajstić information content (AvgIpc) is 2.67. The second-order valence-electron chi connectivity index (χ2n) is 3.44. The molecule has 0 fully saturated rings. The van der Waals surface area contributed by atoms with Crippen molar-refractivity contribution in [2.45, 2.75) is 25.6 Å². The largest absolute Gasteiger partial charge is 0.292 e. The number of nitrogens with one attached hydrogen (secondary N) is 1. The van der Waals surface area contributed by atoms with Crippen molar-refractivity contribution in [1.29, 1.82) is 0 Å². The Labute approximate surface area is 89.0 Å². The molecular weight excluding hydrogens is 196 g/mol. The summed E-state index contributed by atoms with van der Waals surface area (Å²) < 4.78 is 0. The Bertz CT molecular complexity index is 336. The molecule has 0 aromatic heterocycles. The Morgan fingerprint density at radius 3 is 3.14 bits per heavy atom. The fourth-order valence-electron chi connectivity index (χ4n) is 1.55. The van der Waals surface area contributed by atoms with Gasteiger partial charge >= 0.3 is 0 Å². The van der Waals surface area contributed by atoms with Gasteiger partial charge in [-0.1, -0.05) is 23.7 Å². The zero-order chi connectivity index (χ0) is 9.80. The van der Waals surface area contributed by atoms with Crippen molar-refractivity contribution >= 4 is 17.8 Å². The number of benzene rings is 1. The molecule has 0 bridgehead atoms. The Kier molecular flexibility index (Phi) is 3.17. The zero-order valence-electron chi connectivity index (χ0n) is 7.91. The summed E-state index contributed by atoms with van der Waals surface area (Å²) in [5, 5.41) is 4.16.